The predicted octanol–water partition coefficient (Wildman–Crippen LogP) is 2.55. The number of rotatable bonds is 6. The first-order valence-corrected chi connectivity index (χ1v) is 3.71. The van der Waals surface area contributed by atoms with Crippen molar-refractivity contribution in [1.82, 2.24) is 5.32 Å². The first kappa shape index (κ1) is 13.5. The van der Waals surface area contributed by atoms with E-state index in [4.69, 9.17) is 0 Å². The third-order valence-corrected chi connectivity index (χ3v) is 1.49. The number of hydrogen-bond donors (Lipinski definition) is 1. The van der Waals surface area contributed by atoms with Gasteiger partial charge in [-0.15, -0.1) is 30.1 Å². The van der Waals surface area contributed by atoms with Crippen LogP contribution in [0.25, 0.3) is 0 Å². The first-order chi connectivity index (χ1) is 4.85. The first-order valence-electron chi connectivity index (χ1n) is 3.71. The summed E-state index contributed by atoms with van der Waals surface area (Å²) in [6.45, 7) is 8.46. The fraction of sp³-hybridized carbons (Fsp3) is 0.556. The van der Waals surface area contributed by atoms with E-state index >= 15 is 0 Å². The van der Waals surface area contributed by atoms with Crippen molar-refractivity contribution in [3.8, 4) is 0 Å². The zero-order chi connectivity index (χ0) is 7.82. The summed E-state index contributed by atoms with van der Waals surface area (Å²) in [5.41, 5.74) is 0. The summed E-state index contributed by atoms with van der Waals surface area (Å²) in [4.78, 5) is 0. The van der Waals surface area contributed by atoms with Crippen molar-refractivity contribution >= 4 is 17.0 Å². The molecule has 0 heterocycles. The molecule has 1 N–H and O–H groups in total. The monoisotopic (exact) mass is 219 g/mol. The number of halogens is 1. The lowest BCUT2D eigenvalue weighted by molar-refractivity contribution is 0.511. The lowest BCUT2D eigenvalue weighted by Gasteiger charge is -2.10. The van der Waals surface area contributed by atoms with Crippen molar-refractivity contribution < 1.29 is 0 Å². The second-order valence-corrected chi connectivity index (χ2v) is 2.47. The summed E-state index contributed by atoms with van der Waals surface area (Å²) >= 11 is 0. The van der Waals surface area contributed by atoms with Crippen molar-refractivity contribution in [3.05, 3.63) is 25.3 Å². The molecule has 0 aromatic heterocycles. The van der Waals surface area contributed by atoms with E-state index in [1.54, 1.807) is 0 Å². The van der Waals surface area contributed by atoms with E-state index in [0.29, 0.717) is 5.92 Å². The van der Waals surface area contributed by atoms with Crippen molar-refractivity contribution in [2.24, 2.45) is 5.92 Å². The minimum Gasteiger partial charge on any atom is -0.319 e. The van der Waals surface area contributed by atoms with Crippen molar-refractivity contribution in [2.45, 2.75) is 12.8 Å². The van der Waals surface area contributed by atoms with Crippen LogP contribution in [0.15, 0.2) is 25.3 Å². The van der Waals surface area contributed by atoms with Crippen LogP contribution in [0.3, 0.4) is 0 Å². The van der Waals surface area contributed by atoms with Gasteiger partial charge in [-0.3, -0.25) is 0 Å². The van der Waals surface area contributed by atoms with Crippen LogP contribution < -0.4 is 5.32 Å². The minimum atomic E-state index is 0. The average Bonchev–Trinajstić information content (AvgIpc) is 1.90. The Morgan fingerprint density at radius 3 is 2.00 bits per heavy atom. The van der Waals surface area contributed by atoms with Gasteiger partial charge in [0.2, 0.25) is 0 Å². The van der Waals surface area contributed by atoms with Gasteiger partial charge in [-0.05, 0) is 32.4 Å². The summed E-state index contributed by atoms with van der Waals surface area (Å²) in [5.74, 6) is 0.681. The zero-order valence-electron chi connectivity index (χ0n) is 7.18. The zero-order valence-corrected chi connectivity index (χ0v) is 8.89. The molecule has 0 fully saturated rings. The summed E-state index contributed by atoms with van der Waals surface area (Å²) in [5, 5.41) is 3.14. The molecule has 0 unspecified atom stereocenters. The van der Waals surface area contributed by atoms with Gasteiger partial charge in [-0.1, -0.05) is 12.2 Å². The topological polar surface area (TPSA) is 12.0 Å². The average molecular weight is 220 g/mol. The smallest absolute Gasteiger partial charge is 0.00176 e. The minimum absolute atomic E-state index is 0. The molecule has 0 aliphatic heterocycles. The van der Waals surface area contributed by atoms with E-state index in [0.717, 1.165) is 19.4 Å². The summed E-state index contributed by atoms with van der Waals surface area (Å²) in [7, 11) is 1.97. The van der Waals surface area contributed by atoms with Gasteiger partial charge in [0, 0.05) is 0 Å². The maximum absolute atomic E-state index is 3.70. The highest BCUT2D eigenvalue weighted by Gasteiger charge is 2.01. The molecule has 0 rings (SSSR count). The van der Waals surface area contributed by atoms with Crippen LogP contribution in [0.2, 0.25) is 0 Å². The van der Waals surface area contributed by atoms with Gasteiger partial charge < -0.3 is 5.32 Å². The van der Waals surface area contributed by atoms with Gasteiger partial charge in [-0.2, -0.15) is 0 Å². The summed E-state index contributed by atoms with van der Waals surface area (Å²) < 4.78 is 0. The maximum Gasteiger partial charge on any atom is -0.00176 e. The summed E-state index contributed by atoms with van der Waals surface area (Å²) in [6, 6.07) is 0. The van der Waals surface area contributed by atoms with Gasteiger partial charge in [0.05, 0.1) is 0 Å². The quantitative estimate of drug-likeness (QED) is 0.678. The van der Waals surface area contributed by atoms with E-state index in [1.807, 2.05) is 19.2 Å². The normalized spacial score (nSPS) is 8.91. The third-order valence-electron chi connectivity index (χ3n) is 1.49. The van der Waals surface area contributed by atoms with E-state index < -0.39 is 0 Å². The second kappa shape index (κ2) is 9.92. The molecule has 0 spiro atoms. The number of hydrogen-bond acceptors (Lipinski definition) is 1. The molecular formula is C9H18BrN. The van der Waals surface area contributed by atoms with E-state index in [2.05, 4.69) is 18.5 Å². The third kappa shape index (κ3) is 7.82. The molecule has 0 aromatic rings. The molecular weight excluding hydrogens is 202 g/mol. The molecule has 11 heavy (non-hydrogen) atoms. The Balaban J connectivity index is 0. The Bertz CT molecular complexity index is 91.7. The van der Waals surface area contributed by atoms with E-state index in [9.17, 15) is 0 Å². The van der Waals surface area contributed by atoms with Crippen LogP contribution in [0.4, 0.5) is 0 Å². The van der Waals surface area contributed by atoms with Crippen molar-refractivity contribution in [3.63, 3.8) is 0 Å². The van der Waals surface area contributed by atoms with Crippen LogP contribution in [0.5, 0.6) is 0 Å². The molecule has 0 amide bonds. The Labute approximate surface area is 80.3 Å². The lowest BCUT2D eigenvalue weighted by atomic mass is 10.0. The molecule has 0 atom stereocenters. The standard InChI is InChI=1S/C9H17N.BrH/c1-4-6-9(7-5-2)8-10-3;/h4-5,9-10H,1-2,6-8H2,3H3;1H. The largest absolute Gasteiger partial charge is 0.319 e. The number of allylic oxidation sites excluding steroid dienone is 2. The molecule has 0 bridgehead atoms. The Morgan fingerprint density at radius 1 is 1.27 bits per heavy atom. The van der Waals surface area contributed by atoms with Gasteiger partial charge in [0.25, 0.3) is 0 Å². The SMILES string of the molecule is Br.C=CCC(CC=C)CNC. The molecule has 0 aliphatic rings. The lowest BCUT2D eigenvalue weighted by Crippen LogP contribution is -2.17. The van der Waals surface area contributed by atoms with E-state index in [1.165, 1.54) is 0 Å². The van der Waals surface area contributed by atoms with Gasteiger partial charge in [0.1, 0.15) is 0 Å². The fourth-order valence-corrected chi connectivity index (χ4v) is 1.02. The van der Waals surface area contributed by atoms with Gasteiger partial charge in [-0.25, -0.2) is 0 Å². The van der Waals surface area contributed by atoms with Crippen LogP contribution in [-0.4, -0.2) is 13.6 Å². The highest BCUT2D eigenvalue weighted by Crippen LogP contribution is 2.07. The molecule has 0 aromatic carbocycles. The van der Waals surface area contributed by atoms with Crippen LogP contribution in [-0.2, 0) is 0 Å². The molecule has 0 aliphatic carbocycles. The fourth-order valence-electron chi connectivity index (χ4n) is 1.02. The molecule has 1 nitrogen and oxygen atoms in total. The van der Waals surface area contributed by atoms with Crippen LogP contribution >= 0.6 is 17.0 Å². The molecule has 0 saturated carbocycles. The Morgan fingerprint density at radius 2 is 1.73 bits per heavy atom. The van der Waals surface area contributed by atoms with Crippen LogP contribution in [0.1, 0.15) is 12.8 Å². The van der Waals surface area contributed by atoms with Crippen LogP contribution in [0, 0.1) is 5.92 Å². The maximum atomic E-state index is 3.70. The predicted molar refractivity (Wildman–Crippen MR) is 57.4 cm³/mol. The van der Waals surface area contributed by atoms with Crippen molar-refractivity contribution in [2.75, 3.05) is 13.6 Å². The number of nitrogens with one attached hydrogen (secondary N) is 1. The Hall–Kier alpha value is -0.0800. The molecule has 0 radical (unpaired) electrons. The van der Waals surface area contributed by atoms with Gasteiger partial charge >= 0.3 is 0 Å². The molecule has 0 saturated heterocycles. The Kier molecular flexibility index (Phi) is 12.2. The highest BCUT2D eigenvalue weighted by molar-refractivity contribution is 8.93. The van der Waals surface area contributed by atoms with Crippen molar-refractivity contribution in [1.29, 1.82) is 0 Å². The molecule has 2 heteroatoms. The second-order valence-electron chi connectivity index (χ2n) is 2.47. The van der Waals surface area contributed by atoms with E-state index in [-0.39, 0.29) is 17.0 Å². The summed E-state index contributed by atoms with van der Waals surface area (Å²) in [6.07, 6.45) is 6.08. The highest BCUT2D eigenvalue weighted by atomic mass is 79.9. The molecule has 66 valence electrons. The van der Waals surface area contributed by atoms with Gasteiger partial charge in [0.15, 0.2) is 0 Å².